The molecule has 0 aliphatic rings. The fourth-order valence-corrected chi connectivity index (χ4v) is 0.890. The topological polar surface area (TPSA) is 44.6 Å². The van der Waals surface area contributed by atoms with Gasteiger partial charge in [0.25, 0.3) is 0 Å². The van der Waals surface area contributed by atoms with Crippen molar-refractivity contribution < 1.29 is 9.50 Å². The minimum atomic E-state index is -0.660. The first-order chi connectivity index (χ1) is 5.63. The monoisotopic (exact) mass is 176 g/mol. The lowest BCUT2D eigenvalue weighted by molar-refractivity contribution is 0.0779. The molecule has 0 radical (unpaired) electrons. The van der Waals surface area contributed by atoms with E-state index >= 15 is 0 Å². The van der Waals surface area contributed by atoms with Crippen molar-refractivity contribution >= 4 is 6.21 Å². The van der Waals surface area contributed by atoms with Crippen LogP contribution in [0.25, 0.3) is 0 Å². The Labute approximate surface area is 72.7 Å². The van der Waals surface area contributed by atoms with Crippen LogP contribution in [0.4, 0.5) is 4.39 Å². The molecule has 0 saturated heterocycles. The van der Waals surface area contributed by atoms with Crippen molar-refractivity contribution in [1.82, 2.24) is 5.43 Å². The van der Waals surface area contributed by atoms with E-state index in [1.807, 2.05) is 0 Å². The largest absolute Gasteiger partial charge is 0.392 e. The van der Waals surface area contributed by atoms with Gasteiger partial charge < -0.3 is 10.5 Å². The number of hydrogen-bond donors (Lipinski definition) is 2. The number of hydrogen-bond acceptors (Lipinski definition) is 3. The standard InChI is InChI=1S/C8H17FN2O/c1-6(4-9)8(12)7(2)5-11-10-3/h5-8,10,12H,4H2,1-3H3/b11-5+/t6?,7?,8-/m1/s1. The van der Waals surface area contributed by atoms with Gasteiger partial charge in [-0.15, -0.1) is 0 Å². The van der Waals surface area contributed by atoms with Gasteiger partial charge in [-0.25, -0.2) is 0 Å². The lowest BCUT2D eigenvalue weighted by Crippen LogP contribution is -2.28. The number of aliphatic hydroxyl groups is 1. The zero-order valence-electron chi connectivity index (χ0n) is 7.79. The van der Waals surface area contributed by atoms with Crippen LogP contribution in [0.2, 0.25) is 0 Å². The van der Waals surface area contributed by atoms with E-state index < -0.39 is 12.8 Å². The highest BCUT2D eigenvalue weighted by molar-refractivity contribution is 5.60. The molecule has 0 aromatic carbocycles. The number of halogens is 1. The maximum absolute atomic E-state index is 12.1. The first kappa shape index (κ1) is 11.4. The van der Waals surface area contributed by atoms with E-state index in [-0.39, 0.29) is 11.8 Å². The fourth-order valence-electron chi connectivity index (χ4n) is 0.890. The molecule has 0 spiro atoms. The quantitative estimate of drug-likeness (QED) is 0.480. The first-order valence-corrected chi connectivity index (χ1v) is 4.07. The van der Waals surface area contributed by atoms with Gasteiger partial charge in [0.2, 0.25) is 0 Å². The molecule has 0 amide bonds. The van der Waals surface area contributed by atoms with Gasteiger partial charge in [-0.1, -0.05) is 13.8 Å². The fraction of sp³-hybridized carbons (Fsp3) is 0.875. The molecule has 3 nitrogen and oxygen atoms in total. The third-order valence-corrected chi connectivity index (χ3v) is 1.80. The maximum Gasteiger partial charge on any atom is 0.0944 e. The number of rotatable bonds is 5. The summed E-state index contributed by atoms with van der Waals surface area (Å²) in [6.45, 7) is 2.98. The molecule has 3 atom stereocenters. The Kier molecular flexibility index (Phi) is 5.62. The van der Waals surface area contributed by atoms with Crippen LogP contribution in [0.3, 0.4) is 0 Å². The predicted octanol–water partition coefficient (Wildman–Crippen LogP) is 0.794. The second-order valence-electron chi connectivity index (χ2n) is 2.98. The summed E-state index contributed by atoms with van der Waals surface area (Å²) in [4.78, 5) is 0. The summed E-state index contributed by atoms with van der Waals surface area (Å²) in [7, 11) is 1.67. The van der Waals surface area contributed by atoms with Crippen molar-refractivity contribution in [2.75, 3.05) is 13.7 Å². The van der Waals surface area contributed by atoms with Gasteiger partial charge in [0.1, 0.15) is 0 Å². The van der Waals surface area contributed by atoms with Gasteiger partial charge in [0.05, 0.1) is 12.8 Å². The van der Waals surface area contributed by atoms with Crippen molar-refractivity contribution in [1.29, 1.82) is 0 Å². The Morgan fingerprint density at radius 1 is 1.58 bits per heavy atom. The number of aliphatic hydroxyl groups excluding tert-OH is 1. The molecular formula is C8H17FN2O. The molecule has 0 heterocycles. The molecule has 0 rings (SSSR count). The Morgan fingerprint density at radius 2 is 2.17 bits per heavy atom. The van der Waals surface area contributed by atoms with Crippen molar-refractivity contribution in [3.63, 3.8) is 0 Å². The summed E-state index contributed by atoms with van der Waals surface area (Å²) in [5.74, 6) is -0.452. The van der Waals surface area contributed by atoms with E-state index in [0.717, 1.165) is 0 Å². The van der Waals surface area contributed by atoms with Crippen LogP contribution in [-0.4, -0.2) is 31.1 Å². The minimum Gasteiger partial charge on any atom is -0.392 e. The number of hydrazone groups is 1. The highest BCUT2D eigenvalue weighted by Gasteiger charge is 2.19. The molecule has 0 bridgehead atoms. The second kappa shape index (κ2) is 5.94. The first-order valence-electron chi connectivity index (χ1n) is 4.07. The molecule has 0 aliphatic carbocycles. The molecule has 72 valence electrons. The molecule has 12 heavy (non-hydrogen) atoms. The van der Waals surface area contributed by atoms with Crippen LogP contribution in [-0.2, 0) is 0 Å². The van der Waals surface area contributed by atoms with Gasteiger partial charge in [-0.3, -0.25) is 4.39 Å². The van der Waals surface area contributed by atoms with Crippen molar-refractivity contribution in [2.45, 2.75) is 20.0 Å². The van der Waals surface area contributed by atoms with E-state index in [0.29, 0.717) is 0 Å². The second-order valence-corrected chi connectivity index (χ2v) is 2.98. The Balaban J connectivity index is 3.91. The van der Waals surface area contributed by atoms with Crippen molar-refractivity contribution in [3.8, 4) is 0 Å². The van der Waals surface area contributed by atoms with Crippen molar-refractivity contribution in [2.24, 2.45) is 16.9 Å². The molecule has 0 aromatic heterocycles. The number of alkyl halides is 1. The van der Waals surface area contributed by atoms with Gasteiger partial charge in [0, 0.05) is 25.1 Å². The molecular weight excluding hydrogens is 159 g/mol. The molecule has 0 saturated carbocycles. The number of nitrogens with zero attached hydrogens (tertiary/aromatic N) is 1. The van der Waals surface area contributed by atoms with Crippen LogP contribution < -0.4 is 5.43 Å². The molecule has 4 heteroatoms. The summed E-state index contributed by atoms with van der Waals surface area (Å²) in [5.41, 5.74) is 2.57. The van der Waals surface area contributed by atoms with Crippen molar-refractivity contribution in [3.05, 3.63) is 0 Å². The SMILES string of the molecule is CN/N=C/C(C)[C@H](O)C(C)CF. The van der Waals surface area contributed by atoms with E-state index in [1.54, 1.807) is 27.1 Å². The minimum absolute atomic E-state index is 0.122. The van der Waals surface area contributed by atoms with Gasteiger partial charge in [0.15, 0.2) is 0 Å². The summed E-state index contributed by atoms with van der Waals surface area (Å²) in [5, 5.41) is 13.2. The third-order valence-electron chi connectivity index (χ3n) is 1.80. The van der Waals surface area contributed by atoms with Gasteiger partial charge in [-0.2, -0.15) is 5.10 Å². The van der Waals surface area contributed by atoms with E-state index in [4.69, 9.17) is 0 Å². The molecule has 0 fully saturated rings. The zero-order chi connectivity index (χ0) is 9.56. The molecule has 0 aromatic rings. The third kappa shape index (κ3) is 3.67. The summed E-state index contributed by atoms with van der Waals surface area (Å²) >= 11 is 0. The van der Waals surface area contributed by atoms with E-state index in [2.05, 4.69) is 10.5 Å². The highest BCUT2D eigenvalue weighted by atomic mass is 19.1. The van der Waals surface area contributed by atoms with Crippen LogP contribution in [0.5, 0.6) is 0 Å². The summed E-state index contributed by atoms with van der Waals surface area (Å²) in [6.07, 6.45) is 0.920. The van der Waals surface area contributed by atoms with Crippen LogP contribution in [0.1, 0.15) is 13.8 Å². The number of nitrogens with one attached hydrogen (secondary N) is 1. The molecule has 2 unspecified atom stereocenters. The average molecular weight is 176 g/mol. The predicted molar refractivity (Wildman–Crippen MR) is 47.9 cm³/mol. The lowest BCUT2D eigenvalue weighted by atomic mass is 9.95. The van der Waals surface area contributed by atoms with E-state index in [9.17, 15) is 9.50 Å². The summed E-state index contributed by atoms with van der Waals surface area (Å²) < 4.78 is 12.1. The smallest absolute Gasteiger partial charge is 0.0944 e. The van der Waals surface area contributed by atoms with Crippen LogP contribution in [0.15, 0.2) is 5.10 Å². The Hall–Kier alpha value is -0.640. The zero-order valence-corrected chi connectivity index (χ0v) is 7.79. The Morgan fingerprint density at radius 3 is 2.58 bits per heavy atom. The summed E-state index contributed by atoms with van der Waals surface area (Å²) in [6, 6.07) is 0. The molecule has 2 N–H and O–H groups in total. The van der Waals surface area contributed by atoms with Crippen LogP contribution >= 0.6 is 0 Å². The van der Waals surface area contributed by atoms with Gasteiger partial charge >= 0.3 is 0 Å². The van der Waals surface area contributed by atoms with Crippen LogP contribution in [0, 0.1) is 11.8 Å². The lowest BCUT2D eigenvalue weighted by Gasteiger charge is -2.19. The highest BCUT2D eigenvalue weighted by Crippen LogP contribution is 2.11. The van der Waals surface area contributed by atoms with Gasteiger partial charge in [-0.05, 0) is 0 Å². The Bertz CT molecular complexity index is 141. The molecule has 0 aliphatic heterocycles. The normalized spacial score (nSPS) is 19.1. The van der Waals surface area contributed by atoms with E-state index in [1.165, 1.54) is 0 Å². The maximum atomic E-state index is 12.1. The average Bonchev–Trinajstić information content (AvgIpc) is 2.11.